The first-order chi connectivity index (χ1) is 20.4. The highest BCUT2D eigenvalue weighted by molar-refractivity contribution is 5.98. The molecule has 3 N–H and O–H groups in total. The van der Waals surface area contributed by atoms with E-state index in [2.05, 4.69) is 78.3 Å². The van der Waals surface area contributed by atoms with Crippen LogP contribution in [0.2, 0.25) is 0 Å². The van der Waals surface area contributed by atoms with Crippen molar-refractivity contribution in [3.05, 3.63) is 114 Å². The Balaban J connectivity index is 1.56. The van der Waals surface area contributed by atoms with Crippen molar-refractivity contribution in [2.45, 2.75) is 58.3 Å². The van der Waals surface area contributed by atoms with Gasteiger partial charge >= 0.3 is 0 Å². The van der Waals surface area contributed by atoms with E-state index < -0.39 is 17.5 Å². The molecule has 0 heterocycles. The van der Waals surface area contributed by atoms with Gasteiger partial charge in [0.15, 0.2) is 0 Å². The highest BCUT2D eigenvalue weighted by Gasteiger charge is 2.14. The highest BCUT2D eigenvalue weighted by Crippen LogP contribution is 2.28. The second-order valence-electron chi connectivity index (χ2n) is 9.56. The summed E-state index contributed by atoms with van der Waals surface area (Å²) >= 11 is 0. The third kappa shape index (κ3) is 13.9. The lowest BCUT2D eigenvalue weighted by Gasteiger charge is -2.10. The van der Waals surface area contributed by atoms with Crippen molar-refractivity contribution in [3.63, 3.8) is 0 Å². The first-order valence-corrected chi connectivity index (χ1v) is 14.5. The highest BCUT2D eigenvalue weighted by atomic mass is 19.1. The summed E-state index contributed by atoms with van der Waals surface area (Å²) in [6.45, 7) is 2.53. The van der Waals surface area contributed by atoms with Gasteiger partial charge in [0, 0.05) is 31.1 Å². The molecule has 0 atom stereocenters. The van der Waals surface area contributed by atoms with E-state index in [1.807, 2.05) is 0 Å². The number of hydrogen-bond acceptors (Lipinski definition) is 3. The summed E-state index contributed by atoms with van der Waals surface area (Å²) < 4.78 is 27.3. The molecule has 2 rings (SSSR count). The molecule has 42 heavy (non-hydrogen) atoms. The minimum atomic E-state index is -0.767. The topological polar surface area (TPSA) is 78.4 Å². The number of carbonyl (C=O) groups is 2. The molecule has 2 aromatic carbocycles. The Morgan fingerprint density at radius 2 is 1.36 bits per heavy atom. The van der Waals surface area contributed by atoms with E-state index in [0.29, 0.717) is 12.0 Å². The van der Waals surface area contributed by atoms with Crippen LogP contribution >= 0.6 is 0 Å². The fraction of sp³-hybridized carbons (Fsp3) is 0.314. The van der Waals surface area contributed by atoms with Crippen LogP contribution in [0, 0.1) is 11.6 Å². The zero-order chi connectivity index (χ0) is 30.4. The predicted molar refractivity (Wildman–Crippen MR) is 167 cm³/mol. The van der Waals surface area contributed by atoms with Crippen LogP contribution in [0.5, 0.6) is 5.75 Å². The van der Waals surface area contributed by atoms with Crippen LogP contribution in [-0.2, 0) is 4.79 Å². The van der Waals surface area contributed by atoms with E-state index >= 15 is 0 Å². The van der Waals surface area contributed by atoms with Gasteiger partial charge in [0.2, 0.25) is 5.91 Å². The van der Waals surface area contributed by atoms with E-state index in [-0.39, 0.29) is 35.9 Å². The van der Waals surface area contributed by atoms with Crippen LogP contribution < -0.4 is 10.6 Å². The van der Waals surface area contributed by atoms with Gasteiger partial charge in [-0.25, -0.2) is 8.78 Å². The van der Waals surface area contributed by atoms with Gasteiger partial charge in [-0.2, -0.15) is 0 Å². The number of aromatic hydroxyl groups is 1. The Bertz CT molecular complexity index is 1280. The van der Waals surface area contributed by atoms with Crippen LogP contribution in [0.15, 0.2) is 97.2 Å². The molecule has 0 saturated carbocycles. The molecule has 0 aromatic heterocycles. The molecule has 0 aliphatic heterocycles. The molecule has 2 amide bonds. The molecule has 2 aromatic rings. The van der Waals surface area contributed by atoms with Crippen molar-refractivity contribution in [3.8, 4) is 16.9 Å². The first-order valence-electron chi connectivity index (χ1n) is 14.5. The second kappa shape index (κ2) is 20.6. The fourth-order valence-electron chi connectivity index (χ4n) is 3.92. The number of allylic oxidation sites excluding steroid dienone is 10. The summed E-state index contributed by atoms with van der Waals surface area (Å²) in [6, 6.07) is 7.23. The van der Waals surface area contributed by atoms with Crippen molar-refractivity contribution in [2.24, 2.45) is 0 Å². The van der Waals surface area contributed by atoms with E-state index in [4.69, 9.17) is 0 Å². The molecule has 0 fully saturated rings. The van der Waals surface area contributed by atoms with E-state index in [1.54, 1.807) is 0 Å². The van der Waals surface area contributed by atoms with Crippen LogP contribution in [0.1, 0.15) is 68.6 Å². The van der Waals surface area contributed by atoms with Crippen LogP contribution in [-0.4, -0.2) is 30.0 Å². The molecule has 0 aliphatic carbocycles. The number of amides is 2. The number of carbonyl (C=O) groups excluding carboxylic acids is 2. The van der Waals surface area contributed by atoms with E-state index in [9.17, 15) is 23.5 Å². The Hall–Kier alpha value is -4.26. The summed E-state index contributed by atoms with van der Waals surface area (Å²) in [5.41, 5.74) is 0.401. The Labute approximate surface area is 248 Å². The summed E-state index contributed by atoms with van der Waals surface area (Å²) in [5.74, 6) is -2.41. The van der Waals surface area contributed by atoms with Gasteiger partial charge in [0.1, 0.15) is 17.4 Å². The molecule has 0 aliphatic rings. The van der Waals surface area contributed by atoms with Gasteiger partial charge in [-0.15, -0.1) is 0 Å². The number of unbranched alkanes of at least 4 members (excludes halogenated alkanes) is 1. The molecule has 0 spiro atoms. The average Bonchev–Trinajstić information content (AvgIpc) is 2.97. The van der Waals surface area contributed by atoms with Crippen molar-refractivity contribution in [2.75, 3.05) is 13.1 Å². The molecule has 5 nitrogen and oxygen atoms in total. The van der Waals surface area contributed by atoms with Gasteiger partial charge < -0.3 is 15.7 Å². The zero-order valence-corrected chi connectivity index (χ0v) is 24.3. The molecule has 0 saturated heterocycles. The number of halogens is 2. The van der Waals surface area contributed by atoms with Crippen molar-refractivity contribution < 1.29 is 23.5 Å². The normalized spacial score (nSPS) is 12.0. The lowest BCUT2D eigenvalue weighted by Crippen LogP contribution is -2.34. The molecule has 0 bridgehead atoms. The molecule has 0 radical (unpaired) electrons. The standard InChI is InChI=1S/C35H42F2N2O3/c1-2-3-4-5-6-7-8-9-10-11-12-13-14-15-16-17-18-19-34(41)38-24-25-39-35(42)31-26-28(20-23-33(31)40)30-22-21-29(36)27-32(30)37/h3-4,6-7,9-10,12-13,15-16,20-23,26-27,40H,2,5,8,11,14,17-19,24-25H2,1H3,(H,38,41)(H,39,42)/b4-3-,7-6-,10-9-,13-12-,16-15-. The zero-order valence-electron chi connectivity index (χ0n) is 24.3. The maximum Gasteiger partial charge on any atom is 0.255 e. The lowest BCUT2D eigenvalue weighted by atomic mass is 10.0. The van der Waals surface area contributed by atoms with Gasteiger partial charge in [0.25, 0.3) is 5.91 Å². The summed E-state index contributed by atoms with van der Waals surface area (Å²) in [7, 11) is 0. The minimum Gasteiger partial charge on any atom is -0.507 e. The number of rotatable bonds is 18. The monoisotopic (exact) mass is 576 g/mol. The summed E-state index contributed by atoms with van der Waals surface area (Å²) in [5, 5.41) is 15.5. The molecule has 224 valence electrons. The molecule has 0 unspecified atom stereocenters. The van der Waals surface area contributed by atoms with Crippen LogP contribution in [0.4, 0.5) is 8.78 Å². The largest absolute Gasteiger partial charge is 0.507 e. The van der Waals surface area contributed by atoms with Crippen molar-refractivity contribution >= 4 is 11.8 Å². The SMILES string of the molecule is CC/C=C\C/C=C\C/C=C\C/C=C\C/C=C\CCCC(=O)NCCNC(=O)c1cc(-c2ccc(F)cc2F)ccc1O. The Morgan fingerprint density at radius 1 is 0.762 bits per heavy atom. The second-order valence-corrected chi connectivity index (χ2v) is 9.56. The maximum absolute atomic E-state index is 14.1. The van der Waals surface area contributed by atoms with Gasteiger partial charge in [0.05, 0.1) is 5.56 Å². The summed E-state index contributed by atoms with van der Waals surface area (Å²) in [6.07, 6.45) is 28.2. The van der Waals surface area contributed by atoms with Gasteiger partial charge in [-0.05, 0) is 74.8 Å². The molecular formula is C35H42F2N2O3. The quantitative estimate of drug-likeness (QED) is 0.124. The summed E-state index contributed by atoms with van der Waals surface area (Å²) in [4.78, 5) is 24.6. The fourth-order valence-corrected chi connectivity index (χ4v) is 3.92. The van der Waals surface area contributed by atoms with Crippen molar-refractivity contribution in [1.82, 2.24) is 10.6 Å². The third-order valence-corrected chi connectivity index (χ3v) is 6.15. The third-order valence-electron chi connectivity index (χ3n) is 6.15. The minimum absolute atomic E-state index is 0.0420. The Kier molecular flexibility index (Phi) is 16.6. The van der Waals surface area contributed by atoms with Crippen LogP contribution in [0.25, 0.3) is 11.1 Å². The molecular weight excluding hydrogens is 534 g/mol. The van der Waals surface area contributed by atoms with E-state index in [0.717, 1.165) is 57.1 Å². The lowest BCUT2D eigenvalue weighted by molar-refractivity contribution is -0.121. The first kappa shape index (κ1) is 33.9. The van der Waals surface area contributed by atoms with Gasteiger partial charge in [-0.3, -0.25) is 9.59 Å². The predicted octanol–water partition coefficient (Wildman–Crippen LogP) is 8.11. The number of phenolic OH excluding ortho intramolecular Hbond substituents is 1. The number of nitrogens with one attached hydrogen (secondary N) is 2. The van der Waals surface area contributed by atoms with Gasteiger partial charge in [-0.1, -0.05) is 73.8 Å². The Morgan fingerprint density at radius 3 is 1.98 bits per heavy atom. The molecule has 7 heteroatoms. The maximum atomic E-state index is 14.1. The van der Waals surface area contributed by atoms with E-state index in [1.165, 1.54) is 24.3 Å². The average molecular weight is 577 g/mol. The number of hydrogen-bond donors (Lipinski definition) is 3. The number of benzene rings is 2. The van der Waals surface area contributed by atoms with Crippen LogP contribution in [0.3, 0.4) is 0 Å². The smallest absolute Gasteiger partial charge is 0.255 e. The van der Waals surface area contributed by atoms with Crippen molar-refractivity contribution in [1.29, 1.82) is 0 Å². The number of phenols is 1.